The lowest BCUT2D eigenvalue weighted by Crippen LogP contribution is -2.13. The Balaban J connectivity index is 1.83. The van der Waals surface area contributed by atoms with Crippen LogP contribution in [-0.4, -0.2) is 30.0 Å². The van der Waals surface area contributed by atoms with Crippen LogP contribution < -0.4 is 0 Å². The molecule has 1 aliphatic heterocycles. The Kier molecular flexibility index (Phi) is 2.53. The molecule has 1 atom stereocenters. The Hall–Kier alpha value is -1.13. The molecule has 0 radical (unpaired) electrons. The van der Waals surface area contributed by atoms with Gasteiger partial charge in [0.25, 0.3) is 0 Å². The normalized spacial score (nSPS) is 21.7. The molecule has 0 N–H and O–H groups in total. The number of thiazole rings is 1. The van der Waals surface area contributed by atoms with Crippen LogP contribution in [0.5, 0.6) is 0 Å². The van der Waals surface area contributed by atoms with E-state index in [-0.39, 0.29) is 0 Å². The Morgan fingerprint density at radius 1 is 1.56 bits per heavy atom. The minimum Gasteiger partial charge on any atom is -0.463 e. The molecule has 0 amide bonds. The van der Waals surface area contributed by atoms with E-state index in [2.05, 4.69) is 22.3 Å². The lowest BCUT2D eigenvalue weighted by molar-refractivity contribution is 0.411. The molecule has 1 fully saturated rings. The van der Waals surface area contributed by atoms with Crippen molar-refractivity contribution in [2.24, 2.45) is 0 Å². The topological polar surface area (TPSA) is 29.3 Å². The highest BCUT2D eigenvalue weighted by Crippen LogP contribution is 2.31. The molecule has 0 aromatic carbocycles. The molecule has 4 heteroatoms. The van der Waals surface area contributed by atoms with Crippen molar-refractivity contribution in [1.82, 2.24) is 9.88 Å². The largest absolute Gasteiger partial charge is 0.463 e. The predicted octanol–water partition coefficient (Wildman–Crippen LogP) is 2.82. The minimum absolute atomic E-state index is 0.610. The first-order valence-electron chi connectivity index (χ1n) is 5.51. The van der Waals surface area contributed by atoms with Crippen LogP contribution in [-0.2, 0) is 0 Å². The van der Waals surface area contributed by atoms with E-state index in [1.165, 1.54) is 18.0 Å². The van der Waals surface area contributed by atoms with Crippen molar-refractivity contribution in [2.75, 3.05) is 20.1 Å². The van der Waals surface area contributed by atoms with E-state index in [1.807, 2.05) is 12.1 Å². The van der Waals surface area contributed by atoms with Gasteiger partial charge in [-0.15, -0.1) is 11.3 Å². The molecule has 3 rings (SSSR count). The molecule has 3 nitrogen and oxygen atoms in total. The molecular weight excluding hydrogens is 220 g/mol. The molecule has 0 aliphatic carbocycles. The van der Waals surface area contributed by atoms with Crippen LogP contribution in [0, 0.1) is 0 Å². The summed E-state index contributed by atoms with van der Waals surface area (Å²) in [7, 11) is 2.17. The summed E-state index contributed by atoms with van der Waals surface area (Å²) in [6.07, 6.45) is 2.92. The monoisotopic (exact) mass is 234 g/mol. The summed E-state index contributed by atoms with van der Waals surface area (Å²) in [5, 5.41) is 3.34. The Morgan fingerprint density at radius 2 is 2.50 bits per heavy atom. The number of hydrogen-bond donors (Lipinski definition) is 0. The second-order valence-electron chi connectivity index (χ2n) is 4.30. The SMILES string of the molecule is CN1CCC(c2nc(-c3ccco3)cs2)C1. The number of likely N-dealkylation sites (tertiary alicyclic amines) is 1. The van der Waals surface area contributed by atoms with E-state index < -0.39 is 0 Å². The van der Waals surface area contributed by atoms with Gasteiger partial charge in [0.2, 0.25) is 0 Å². The highest BCUT2D eigenvalue weighted by atomic mass is 32.1. The van der Waals surface area contributed by atoms with Gasteiger partial charge in [-0.1, -0.05) is 0 Å². The van der Waals surface area contributed by atoms with Crippen molar-refractivity contribution in [3.8, 4) is 11.5 Å². The maximum Gasteiger partial charge on any atom is 0.153 e. The van der Waals surface area contributed by atoms with Gasteiger partial charge < -0.3 is 9.32 Å². The zero-order valence-corrected chi connectivity index (χ0v) is 10.0. The quantitative estimate of drug-likeness (QED) is 0.800. The Labute approximate surface area is 98.7 Å². The number of likely N-dealkylation sites (N-methyl/N-ethyl adjacent to an activating group) is 1. The maximum atomic E-state index is 5.35. The third-order valence-electron chi connectivity index (χ3n) is 3.04. The van der Waals surface area contributed by atoms with Crippen LogP contribution in [0.2, 0.25) is 0 Å². The molecule has 0 saturated carbocycles. The van der Waals surface area contributed by atoms with Crippen LogP contribution in [0.1, 0.15) is 17.3 Å². The van der Waals surface area contributed by atoms with Crippen LogP contribution in [0.25, 0.3) is 11.5 Å². The zero-order chi connectivity index (χ0) is 11.0. The smallest absolute Gasteiger partial charge is 0.153 e. The summed E-state index contributed by atoms with van der Waals surface area (Å²) in [6.45, 7) is 2.31. The summed E-state index contributed by atoms with van der Waals surface area (Å²) in [4.78, 5) is 7.03. The van der Waals surface area contributed by atoms with Crippen LogP contribution >= 0.6 is 11.3 Å². The van der Waals surface area contributed by atoms with Gasteiger partial charge in [-0.05, 0) is 32.1 Å². The molecule has 2 aromatic rings. The van der Waals surface area contributed by atoms with Crippen LogP contribution in [0.3, 0.4) is 0 Å². The standard InChI is InChI=1S/C12H14N2OS/c1-14-5-4-9(7-14)12-13-10(8-16-12)11-3-2-6-15-11/h2-3,6,8-9H,4-5,7H2,1H3. The summed E-state index contributed by atoms with van der Waals surface area (Å²) < 4.78 is 5.35. The molecule has 1 aliphatic rings. The second-order valence-corrected chi connectivity index (χ2v) is 5.19. The average molecular weight is 234 g/mol. The first kappa shape index (κ1) is 10.1. The fourth-order valence-electron chi connectivity index (χ4n) is 2.15. The highest BCUT2D eigenvalue weighted by molar-refractivity contribution is 7.10. The van der Waals surface area contributed by atoms with Gasteiger partial charge >= 0.3 is 0 Å². The molecule has 1 saturated heterocycles. The van der Waals surface area contributed by atoms with Gasteiger partial charge in [0.05, 0.1) is 11.3 Å². The number of furan rings is 1. The van der Waals surface area contributed by atoms with Crippen LogP contribution in [0.15, 0.2) is 28.2 Å². The fraction of sp³-hybridized carbons (Fsp3) is 0.417. The molecule has 1 unspecified atom stereocenters. The van der Waals surface area contributed by atoms with Crippen molar-refractivity contribution >= 4 is 11.3 Å². The van der Waals surface area contributed by atoms with Gasteiger partial charge in [0, 0.05) is 17.8 Å². The van der Waals surface area contributed by atoms with E-state index in [0.717, 1.165) is 18.0 Å². The van der Waals surface area contributed by atoms with Gasteiger partial charge in [0.1, 0.15) is 5.69 Å². The van der Waals surface area contributed by atoms with Gasteiger partial charge in [0.15, 0.2) is 5.76 Å². The Morgan fingerprint density at radius 3 is 3.19 bits per heavy atom. The molecule has 3 heterocycles. The summed E-state index contributed by atoms with van der Waals surface area (Å²) >= 11 is 1.75. The third kappa shape index (κ3) is 1.79. The summed E-state index contributed by atoms with van der Waals surface area (Å²) in [5.41, 5.74) is 0.972. The van der Waals surface area contributed by atoms with Crippen molar-refractivity contribution in [3.63, 3.8) is 0 Å². The van der Waals surface area contributed by atoms with Gasteiger partial charge in [-0.25, -0.2) is 4.98 Å². The lowest BCUT2D eigenvalue weighted by Gasteiger charge is -2.06. The van der Waals surface area contributed by atoms with E-state index in [4.69, 9.17) is 4.42 Å². The second kappa shape index (κ2) is 4.03. The number of nitrogens with zero attached hydrogens (tertiary/aromatic N) is 2. The first-order valence-corrected chi connectivity index (χ1v) is 6.39. The van der Waals surface area contributed by atoms with E-state index >= 15 is 0 Å². The Bertz CT molecular complexity index is 463. The van der Waals surface area contributed by atoms with Crippen molar-refractivity contribution in [1.29, 1.82) is 0 Å². The molecule has 0 bridgehead atoms. The average Bonchev–Trinajstić information content (AvgIpc) is 2.97. The first-order chi connectivity index (χ1) is 7.83. The van der Waals surface area contributed by atoms with Crippen molar-refractivity contribution < 1.29 is 4.42 Å². The number of rotatable bonds is 2. The molecule has 2 aromatic heterocycles. The van der Waals surface area contributed by atoms with E-state index in [9.17, 15) is 0 Å². The summed E-state index contributed by atoms with van der Waals surface area (Å²) in [5.74, 6) is 1.48. The zero-order valence-electron chi connectivity index (χ0n) is 9.22. The number of hydrogen-bond acceptors (Lipinski definition) is 4. The number of aromatic nitrogens is 1. The maximum absolute atomic E-state index is 5.35. The van der Waals surface area contributed by atoms with E-state index in [0.29, 0.717) is 5.92 Å². The lowest BCUT2D eigenvalue weighted by atomic mass is 10.1. The third-order valence-corrected chi connectivity index (χ3v) is 4.04. The molecule has 84 valence electrons. The summed E-state index contributed by atoms with van der Waals surface area (Å²) in [6, 6.07) is 3.86. The van der Waals surface area contributed by atoms with Crippen molar-refractivity contribution in [3.05, 3.63) is 28.8 Å². The molecular formula is C12H14N2OS. The van der Waals surface area contributed by atoms with Crippen molar-refractivity contribution in [2.45, 2.75) is 12.3 Å². The van der Waals surface area contributed by atoms with Gasteiger partial charge in [-0.3, -0.25) is 0 Å². The predicted molar refractivity (Wildman–Crippen MR) is 64.7 cm³/mol. The molecule has 16 heavy (non-hydrogen) atoms. The highest BCUT2D eigenvalue weighted by Gasteiger charge is 2.24. The fourth-order valence-corrected chi connectivity index (χ4v) is 3.09. The molecule has 0 spiro atoms. The van der Waals surface area contributed by atoms with E-state index in [1.54, 1.807) is 17.6 Å². The van der Waals surface area contributed by atoms with Crippen LogP contribution in [0.4, 0.5) is 0 Å². The van der Waals surface area contributed by atoms with Gasteiger partial charge in [-0.2, -0.15) is 0 Å². The minimum atomic E-state index is 0.610.